The first-order chi connectivity index (χ1) is 12.7. The zero-order valence-corrected chi connectivity index (χ0v) is 16.8. The molecule has 0 amide bonds. The predicted octanol–water partition coefficient (Wildman–Crippen LogP) is 3.97. The van der Waals surface area contributed by atoms with Gasteiger partial charge in [-0.3, -0.25) is 0 Å². The average molecular weight is 437 g/mol. The van der Waals surface area contributed by atoms with Crippen LogP contribution in [0.3, 0.4) is 0 Å². The van der Waals surface area contributed by atoms with Crippen molar-refractivity contribution < 1.29 is 4.39 Å². The highest BCUT2D eigenvalue weighted by Crippen LogP contribution is 2.34. The first-order valence-electron chi connectivity index (χ1n) is 8.93. The van der Waals surface area contributed by atoms with Gasteiger partial charge in [0.15, 0.2) is 0 Å². The fourth-order valence-electron chi connectivity index (χ4n) is 3.44. The van der Waals surface area contributed by atoms with Crippen LogP contribution in [0.15, 0.2) is 51.3 Å². The molecule has 0 bridgehead atoms. The maximum atomic E-state index is 14.1. The molecular weight excluding hydrogens is 415 g/mol. The molecule has 0 fully saturated rings. The van der Waals surface area contributed by atoms with Crippen LogP contribution in [0.1, 0.15) is 24.4 Å². The molecule has 4 nitrogen and oxygen atoms in total. The van der Waals surface area contributed by atoms with E-state index in [-0.39, 0.29) is 11.9 Å². The predicted molar refractivity (Wildman–Crippen MR) is 110 cm³/mol. The van der Waals surface area contributed by atoms with E-state index in [1.165, 1.54) is 16.7 Å². The molecule has 3 aliphatic heterocycles. The Hall–Kier alpha value is -1.44. The van der Waals surface area contributed by atoms with Crippen LogP contribution in [0.25, 0.3) is 0 Å². The van der Waals surface area contributed by atoms with E-state index >= 15 is 0 Å². The molecule has 3 aliphatic rings. The van der Waals surface area contributed by atoms with E-state index in [0.717, 1.165) is 54.1 Å². The normalized spacial score (nSPS) is 20.8. The molecule has 0 radical (unpaired) electrons. The molecule has 4 rings (SSSR count). The first kappa shape index (κ1) is 17.9. The monoisotopic (exact) mass is 436 g/mol. The second kappa shape index (κ2) is 8.06. The number of allylic oxidation sites excluding steroid dienone is 2. The van der Waals surface area contributed by atoms with Crippen LogP contribution in [0.4, 0.5) is 10.1 Å². The minimum atomic E-state index is -0.190. The molecule has 26 heavy (non-hydrogen) atoms. The van der Waals surface area contributed by atoms with E-state index in [1.807, 2.05) is 17.8 Å². The van der Waals surface area contributed by atoms with Crippen molar-refractivity contribution in [2.45, 2.75) is 18.9 Å². The maximum Gasteiger partial charge on any atom is 0.147 e. The zero-order valence-electron chi connectivity index (χ0n) is 14.4. The lowest BCUT2D eigenvalue weighted by molar-refractivity contribution is 0.484. The molecule has 1 unspecified atom stereocenters. The van der Waals surface area contributed by atoms with E-state index in [1.54, 1.807) is 0 Å². The molecule has 7 heteroatoms. The second-order valence-corrected chi connectivity index (χ2v) is 8.50. The smallest absolute Gasteiger partial charge is 0.147 e. The molecule has 1 atom stereocenters. The van der Waals surface area contributed by atoms with Crippen molar-refractivity contribution >= 4 is 33.4 Å². The lowest BCUT2D eigenvalue weighted by Crippen LogP contribution is -2.32. The van der Waals surface area contributed by atoms with E-state index in [9.17, 15) is 4.39 Å². The number of benzene rings is 1. The molecule has 0 aliphatic carbocycles. The second-order valence-electron chi connectivity index (χ2n) is 6.52. The Morgan fingerprint density at radius 3 is 3.12 bits per heavy atom. The van der Waals surface area contributed by atoms with Crippen molar-refractivity contribution in [3.8, 4) is 0 Å². The lowest BCUT2D eigenvalue weighted by atomic mass is 9.97. The summed E-state index contributed by atoms with van der Waals surface area (Å²) in [5.74, 6) is 1.92. The summed E-state index contributed by atoms with van der Waals surface area (Å²) in [6.07, 6.45) is 8.45. The number of thioether (sulfide) groups is 1. The van der Waals surface area contributed by atoms with Crippen molar-refractivity contribution in [1.29, 1.82) is 0 Å². The van der Waals surface area contributed by atoms with E-state index in [2.05, 4.69) is 55.4 Å². The summed E-state index contributed by atoms with van der Waals surface area (Å²) in [6, 6.07) is 3.71. The van der Waals surface area contributed by atoms with Gasteiger partial charge < -0.3 is 21.3 Å². The van der Waals surface area contributed by atoms with E-state index < -0.39 is 0 Å². The zero-order chi connectivity index (χ0) is 17.9. The summed E-state index contributed by atoms with van der Waals surface area (Å²) in [5.41, 5.74) is 2.87. The Labute approximate surface area is 165 Å². The number of rotatable bonds is 6. The number of nitrogens with one attached hydrogen (secondary N) is 4. The molecule has 0 aromatic heterocycles. The molecule has 1 aromatic rings. The van der Waals surface area contributed by atoms with Crippen LogP contribution in [0.2, 0.25) is 0 Å². The molecule has 4 N–H and O–H groups in total. The van der Waals surface area contributed by atoms with Crippen LogP contribution in [0.5, 0.6) is 0 Å². The minimum absolute atomic E-state index is 0.190. The Morgan fingerprint density at radius 1 is 1.27 bits per heavy atom. The van der Waals surface area contributed by atoms with Gasteiger partial charge in [-0.05, 0) is 55.3 Å². The topological polar surface area (TPSA) is 48.1 Å². The fourth-order valence-corrected chi connectivity index (χ4v) is 4.78. The maximum absolute atomic E-state index is 14.1. The summed E-state index contributed by atoms with van der Waals surface area (Å²) in [5, 5.41) is 13.6. The van der Waals surface area contributed by atoms with Crippen molar-refractivity contribution in [3.63, 3.8) is 0 Å². The molecule has 1 aromatic carbocycles. The van der Waals surface area contributed by atoms with Crippen molar-refractivity contribution in [3.05, 3.63) is 62.6 Å². The largest absolute Gasteiger partial charge is 0.382 e. The van der Waals surface area contributed by atoms with Gasteiger partial charge in [0.1, 0.15) is 11.6 Å². The van der Waals surface area contributed by atoms with Gasteiger partial charge in [-0.25, -0.2) is 4.39 Å². The number of fused-ring (bicyclic) bond motifs is 2. The van der Waals surface area contributed by atoms with Crippen LogP contribution < -0.4 is 21.3 Å². The van der Waals surface area contributed by atoms with Gasteiger partial charge in [-0.15, -0.1) is 11.8 Å². The number of anilines is 1. The van der Waals surface area contributed by atoms with Gasteiger partial charge in [0, 0.05) is 34.3 Å². The Morgan fingerprint density at radius 2 is 2.19 bits per heavy atom. The Balaban J connectivity index is 1.25. The standard InChI is InChI=1S/C19H22BrFN4S/c20-12-10-13-15(4-8-24-19(13)14(21)11-12)22-6-1-7-23-18-3-2-17-16(25-18)5-9-26-17/h2-3,5,10-11,15,22-25H,1,4,6-9H2. The van der Waals surface area contributed by atoms with Crippen molar-refractivity contribution in [2.24, 2.45) is 0 Å². The number of hydrogen-bond donors (Lipinski definition) is 4. The highest BCUT2D eigenvalue weighted by molar-refractivity contribution is 9.10. The molecule has 0 saturated heterocycles. The molecule has 0 spiro atoms. The van der Waals surface area contributed by atoms with Gasteiger partial charge in [-0.2, -0.15) is 0 Å². The first-order valence-corrected chi connectivity index (χ1v) is 10.7. The average Bonchev–Trinajstić information content (AvgIpc) is 3.09. The van der Waals surface area contributed by atoms with E-state index in [4.69, 9.17) is 0 Å². The molecule has 138 valence electrons. The highest BCUT2D eigenvalue weighted by atomic mass is 79.9. The minimum Gasteiger partial charge on any atom is -0.382 e. The Bertz CT molecular complexity index is 790. The summed E-state index contributed by atoms with van der Waals surface area (Å²) < 4.78 is 14.9. The molecule has 3 heterocycles. The summed E-state index contributed by atoms with van der Waals surface area (Å²) in [6.45, 7) is 2.57. The van der Waals surface area contributed by atoms with E-state index in [0.29, 0.717) is 5.69 Å². The summed E-state index contributed by atoms with van der Waals surface area (Å²) >= 11 is 5.26. The van der Waals surface area contributed by atoms with Gasteiger partial charge >= 0.3 is 0 Å². The highest BCUT2D eigenvalue weighted by Gasteiger charge is 2.22. The van der Waals surface area contributed by atoms with Crippen LogP contribution in [-0.4, -0.2) is 25.4 Å². The number of hydrogen-bond acceptors (Lipinski definition) is 5. The fraction of sp³-hybridized carbons (Fsp3) is 0.368. The van der Waals surface area contributed by atoms with Gasteiger partial charge in [-0.1, -0.05) is 15.9 Å². The van der Waals surface area contributed by atoms with Crippen molar-refractivity contribution in [1.82, 2.24) is 16.0 Å². The summed E-state index contributed by atoms with van der Waals surface area (Å²) in [4.78, 5) is 1.32. The Kier molecular flexibility index (Phi) is 5.57. The summed E-state index contributed by atoms with van der Waals surface area (Å²) in [7, 11) is 0. The van der Waals surface area contributed by atoms with Crippen LogP contribution in [-0.2, 0) is 0 Å². The SMILES string of the molecule is Fc1cc(Br)cc2c1NCCC2NCCCNC1=CC=C2SCC=C2N1. The van der Waals surface area contributed by atoms with Gasteiger partial charge in [0.05, 0.1) is 11.4 Å². The lowest BCUT2D eigenvalue weighted by Gasteiger charge is -2.28. The third-order valence-corrected chi connectivity index (χ3v) is 6.18. The van der Waals surface area contributed by atoms with Gasteiger partial charge in [0.2, 0.25) is 0 Å². The third kappa shape index (κ3) is 3.94. The van der Waals surface area contributed by atoms with Crippen molar-refractivity contribution in [2.75, 3.05) is 30.7 Å². The van der Waals surface area contributed by atoms with Crippen LogP contribution in [0, 0.1) is 5.82 Å². The number of halogens is 2. The van der Waals surface area contributed by atoms with Crippen LogP contribution >= 0.6 is 27.7 Å². The quantitative estimate of drug-likeness (QED) is 0.508. The molecule has 0 saturated carbocycles. The number of dihydropyridines is 1. The van der Waals surface area contributed by atoms with Gasteiger partial charge in [0.25, 0.3) is 0 Å². The third-order valence-electron chi connectivity index (χ3n) is 4.72. The molecular formula is C19H22BrFN4S.